The third kappa shape index (κ3) is 5.09. The molecule has 0 bridgehead atoms. The summed E-state index contributed by atoms with van der Waals surface area (Å²) in [6, 6.07) is 14.9. The standard InChI is InChI=1S/C20H20N6O4S/c1-12-7-8-13(11-27)15(9-12)24-26-20-18(21)16(10-17(19(20)22)31(28,29)30)25-23-14-5-3-2-4-6-14/h2-10,27H,11,21-22H2,1H3,(H,28,29,30)/b25-23+,26-24+. The maximum atomic E-state index is 11.8. The number of aryl methyl sites for hydroxylation is 1. The molecule has 3 rings (SSSR count). The van der Waals surface area contributed by atoms with Gasteiger partial charge in [-0.1, -0.05) is 30.3 Å². The van der Waals surface area contributed by atoms with E-state index in [0.29, 0.717) is 16.9 Å². The van der Waals surface area contributed by atoms with Crippen LogP contribution < -0.4 is 11.5 Å². The van der Waals surface area contributed by atoms with Gasteiger partial charge in [0.1, 0.15) is 16.3 Å². The number of nitrogens with zero attached hydrogens (tertiary/aromatic N) is 4. The molecule has 3 aromatic carbocycles. The Kier molecular flexibility index (Phi) is 6.39. The lowest BCUT2D eigenvalue weighted by Gasteiger charge is -2.10. The van der Waals surface area contributed by atoms with E-state index in [0.717, 1.165) is 11.6 Å². The highest BCUT2D eigenvalue weighted by Gasteiger charge is 2.22. The average molecular weight is 440 g/mol. The van der Waals surface area contributed by atoms with E-state index < -0.39 is 15.0 Å². The van der Waals surface area contributed by atoms with Crippen LogP contribution in [0, 0.1) is 6.92 Å². The van der Waals surface area contributed by atoms with Gasteiger partial charge in [-0.15, -0.1) is 10.2 Å². The van der Waals surface area contributed by atoms with Crippen molar-refractivity contribution >= 4 is 44.2 Å². The molecule has 0 saturated heterocycles. The predicted molar refractivity (Wildman–Crippen MR) is 117 cm³/mol. The summed E-state index contributed by atoms with van der Waals surface area (Å²) >= 11 is 0. The minimum absolute atomic E-state index is 0.0637. The minimum Gasteiger partial charge on any atom is -0.396 e. The topological polar surface area (TPSA) is 176 Å². The van der Waals surface area contributed by atoms with Crippen LogP contribution in [0.3, 0.4) is 0 Å². The molecule has 3 aromatic rings. The van der Waals surface area contributed by atoms with E-state index in [-0.39, 0.29) is 29.4 Å². The lowest BCUT2D eigenvalue weighted by molar-refractivity contribution is 0.282. The molecule has 6 N–H and O–H groups in total. The molecule has 11 heteroatoms. The zero-order chi connectivity index (χ0) is 22.6. The minimum atomic E-state index is -4.70. The highest BCUT2D eigenvalue weighted by Crippen LogP contribution is 2.43. The number of hydrogen-bond acceptors (Lipinski definition) is 9. The largest absolute Gasteiger partial charge is 0.396 e. The number of aliphatic hydroxyl groups excluding tert-OH is 1. The van der Waals surface area contributed by atoms with Gasteiger partial charge in [0.25, 0.3) is 10.1 Å². The van der Waals surface area contributed by atoms with Crippen LogP contribution in [-0.4, -0.2) is 18.1 Å². The van der Waals surface area contributed by atoms with Crippen molar-refractivity contribution < 1.29 is 18.1 Å². The van der Waals surface area contributed by atoms with Crippen molar-refractivity contribution in [3.63, 3.8) is 0 Å². The van der Waals surface area contributed by atoms with E-state index in [9.17, 15) is 18.1 Å². The number of rotatable bonds is 6. The summed E-state index contributed by atoms with van der Waals surface area (Å²) in [5.74, 6) is 0. The third-order valence-corrected chi connectivity index (χ3v) is 5.19. The molecule has 31 heavy (non-hydrogen) atoms. The van der Waals surface area contributed by atoms with Gasteiger partial charge in [-0.2, -0.15) is 18.6 Å². The fourth-order valence-electron chi connectivity index (χ4n) is 2.68. The molecule has 0 heterocycles. The van der Waals surface area contributed by atoms with Gasteiger partial charge in [0.15, 0.2) is 0 Å². The second-order valence-corrected chi connectivity index (χ2v) is 7.96. The van der Waals surface area contributed by atoms with Crippen molar-refractivity contribution in [3.05, 3.63) is 65.7 Å². The van der Waals surface area contributed by atoms with E-state index in [1.165, 1.54) is 0 Å². The smallest absolute Gasteiger partial charge is 0.296 e. The van der Waals surface area contributed by atoms with E-state index >= 15 is 0 Å². The van der Waals surface area contributed by atoms with E-state index in [2.05, 4.69) is 20.5 Å². The lowest BCUT2D eigenvalue weighted by Crippen LogP contribution is -2.05. The summed E-state index contributed by atoms with van der Waals surface area (Å²) < 4.78 is 33.2. The molecule has 0 atom stereocenters. The van der Waals surface area contributed by atoms with Crippen LogP contribution in [0.15, 0.2) is 79.9 Å². The number of aliphatic hydroxyl groups is 1. The predicted octanol–water partition coefficient (Wildman–Crippen LogP) is 4.73. The molecule has 160 valence electrons. The van der Waals surface area contributed by atoms with Crippen LogP contribution in [0.4, 0.5) is 34.1 Å². The zero-order valence-corrected chi connectivity index (χ0v) is 17.3. The monoisotopic (exact) mass is 440 g/mol. The quantitative estimate of drug-likeness (QED) is 0.244. The van der Waals surface area contributed by atoms with Crippen LogP contribution in [0.2, 0.25) is 0 Å². The van der Waals surface area contributed by atoms with Crippen molar-refractivity contribution in [2.75, 3.05) is 11.5 Å². The maximum Gasteiger partial charge on any atom is 0.296 e. The second kappa shape index (κ2) is 9.00. The fraction of sp³-hybridized carbons (Fsp3) is 0.100. The van der Waals surface area contributed by atoms with Crippen LogP contribution in [0.5, 0.6) is 0 Å². The Hall–Kier alpha value is -3.67. The summed E-state index contributed by atoms with van der Waals surface area (Å²) in [6.07, 6.45) is 0. The molecule has 0 amide bonds. The number of hydrogen-bond donors (Lipinski definition) is 4. The summed E-state index contributed by atoms with van der Waals surface area (Å²) in [6.45, 7) is 1.56. The second-order valence-electron chi connectivity index (χ2n) is 6.57. The SMILES string of the molecule is Cc1ccc(CO)c(/N=N/c2c(N)c(/N=N/c3ccccc3)cc(S(=O)(=O)O)c2N)c1. The number of benzene rings is 3. The zero-order valence-electron chi connectivity index (χ0n) is 16.5. The molecule has 0 aliphatic carbocycles. The van der Waals surface area contributed by atoms with Gasteiger partial charge in [-0.05, 0) is 36.8 Å². The van der Waals surface area contributed by atoms with E-state index in [1.807, 2.05) is 6.92 Å². The summed E-state index contributed by atoms with van der Waals surface area (Å²) in [5.41, 5.74) is 13.5. The number of nitrogens with two attached hydrogens (primary N) is 2. The van der Waals surface area contributed by atoms with Gasteiger partial charge in [-0.25, -0.2) is 0 Å². The molecular formula is C20H20N6O4S. The number of anilines is 2. The first-order chi connectivity index (χ1) is 14.7. The lowest BCUT2D eigenvalue weighted by atomic mass is 10.1. The van der Waals surface area contributed by atoms with E-state index in [1.54, 1.807) is 48.5 Å². The number of nitrogen functional groups attached to an aromatic ring is 2. The Balaban J connectivity index is 2.15. The highest BCUT2D eigenvalue weighted by atomic mass is 32.2. The van der Waals surface area contributed by atoms with Crippen molar-refractivity contribution in [1.29, 1.82) is 0 Å². The summed E-state index contributed by atoms with van der Waals surface area (Å²) in [7, 11) is -4.70. The third-order valence-electron chi connectivity index (χ3n) is 4.30. The Labute approximate surface area is 178 Å². The first kappa shape index (κ1) is 22.0. The highest BCUT2D eigenvalue weighted by molar-refractivity contribution is 7.86. The van der Waals surface area contributed by atoms with E-state index in [4.69, 9.17) is 11.5 Å². The van der Waals surface area contributed by atoms with Gasteiger partial charge in [-0.3, -0.25) is 4.55 Å². The molecular weight excluding hydrogens is 420 g/mol. The average Bonchev–Trinajstić information content (AvgIpc) is 2.73. The Morgan fingerprint density at radius 1 is 0.871 bits per heavy atom. The normalized spacial score (nSPS) is 12.1. The van der Waals surface area contributed by atoms with Gasteiger partial charge < -0.3 is 16.6 Å². The maximum absolute atomic E-state index is 11.8. The molecule has 0 unspecified atom stereocenters. The molecule has 0 aromatic heterocycles. The van der Waals surface area contributed by atoms with Crippen molar-refractivity contribution in [1.82, 2.24) is 0 Å². The Bertz CT molecular complexity index is 1270. The van der Waals surface area contributed by atoms with Crippen molar-refractivity contribution in [3.8, 4) is 0 Å². The first-order valence-corrected chi connectivity index (χ1v) is 10.4. The van der Waals surface area contributed by atoms with Gasteiger partial charge in [0.05, 0.1) is 29.4 Å². The molecule has 0 fully saturated rings. The van der Waals surface area contributed by atoms with Gasteiger partial charge >= 0.3 is 0 Å². The first-order valence-electron chi connectivity index (χ1n) is 8.99. The molecule has 0 saturated carbocycles. The van der Waals surface area contributed by atoms with Gasteiger partial charge in [0.2, 0.25) is 0 Å². The van der Waals surface area contributed by atoms with Gasteiger partial charge in [0, 0.05) is 5.56 Å². The molecule has 0 radical (unpaired) electrons. The van der Waals surface area contributed by atoms with Crippen LogP contribution in [0.25, 0.3) is 0 Å². The van der Waals surface area contributed by atoms with Crippen LogP contribution >= 0.6 is 0 Å². The molecule has 0 aliphatic rings. The Morgan fingerprint density at radius 3 is 2.19 bits per heavy atom. The van der Waals surface area contributed by atoms with Crippen LogP contribution in [-0.2, 0) is 16.7 Å². The summed E-state index contributed by atoms with van der Waals surface area (Å²) in [4.78, 5) is -0.621. The molecule has 0 aliphatic heterocycles. The number of azo groups is 2. The Morgan fingerprint density at radius 2 is 1.55 bits per heavy atom. The summed E-state index contributed by atoms with van der Waals surface area (Å²) in [5, 5.41) is 25.6. The van der Waals surface area contributed by atoms with Crippen molar-refractivity contribution in [2.45, 2.75) is 18.4 Å². The molecule has 0 spiro atoms. The molecule has 10 nitrogen and oxygen atoms in total. The van der Waals surface area contributed by atoms with Crippen LogP contribution in [0.1, 0.15) is 11.1 Å². The van der Waals surface area contributed by atoms with Crippen molar-refractivity contribution in [2.24, 2.45) is 20.5 Å². The fourth-order valence-corrected chi connectivity index (χ4v) is 3.31.